The molecule has 0 amide bonds. The Kier molecular flexibility index (Phi) is 3.43. The second-order valence-electron chi connectivity index (χ2n) is 4.93. The Morgan fingerprint density at radius 1 is 1.59 bits per heavy atom. The Morgan fingerprint density at radius 3 is 2.88 bits per heavy atom. The summed E-state index contributed by atoms with van der Waals surface area (Å²) in [5.41, 5.74) is 0.739. The molecule has 1 heterocycles. The highest BCUT2D eigenvalue weighted by Gasteiger charge is 2.50. The Bertz CT molecular complexity index is 388. The first kappa shape index (κ1) is 12.0. The molecule has 2 rings (SSSR count). The van der Waals surface area contributed by atoms with E-state index in [4.69, 9.17) is 5.11 Å². The standard InChI is InChI=1S/C13H18N2O2/c1-15(10-13(5-6-13)12(16)17)8-4-11-3-2-7-14-9-11/h2-3,7,9H,4-6,8,10H2,1H3,(H,16,17). The maximum atomic E-state index is 11.1. The minimum atomic E-state index is -0.647. The third-order valence-corrected chi connectivity index (χ3v) is 3.38. The van der Waals surface area contributed by atoms with Gasteiger partial charge in [0, 0.05) is 25.5 Å². The average Bonchev–Trinajstić information content (AvgIpc) is 3.09. The van der Waals surface area contributed by atoms with E-state index in [-0.39, 0.29) is 0 Å². The summed E-state index contributed by atoms with van der Waals surface area (Å²) in [6, 6.07) is 3.97. The van der Waals surface area contributed by atoms with E-state index in [2.05, 4.69) is 9.88 Å². The molecule has 4 nitrogen and oxygen atoms in total. The number of carbonyl (C=O) groups is 1. The van der Waals surface area contributed by atoms with Gasteiger partial charge in [0.1, 0.15) is 0 Å². The number of aliphatic carboxylic acids is 1. The van der Waals surface area contributed by atoms with Crippen LogP contribution in [0.25, 0.3) is 0 Å². The molecule has 4 heteroatoms. The van der Waals surface area contributed by atoms with Gasteiger partial charge in [-0.1, -0.05) is 6.07 Å². The molecule has 1 fully saturated rings. The Hall–Kier alpha value is -1.42. The van der Waals surface area contributed by atoms with Crippen molar-refractivity contribution in [3.05, 3.63) is 30.1 Å². The molecular weight excluding hydrogens is 216 g/mol. The SMILES string of the molecule is CN(CCc1cccnc1)CC1(C(=O)O)CC1. The minimum absolute atomic E-state index is 0.455. The van der Waals surface area contributed by atoms with Crippen molar-refractivity contribution in [2.45, 2.75) is 19.3 Å². The van der Waals surface area contributed by atoms with Crippen molar-refractivity contribution in [1.82, 2.24) is 9.88 Å². The fraction of sp³-hybridized carbons (Fsp3) is 0.538. The minimum Gasteiger partial charge on any atom is -0.481 e. The molecule has 0 saturated heterocycles. The van der Waals surface area contributed by atoms with Crippen LogP contribution in [0, 0.1) is 5.41 Å². The Balaban J connectivity index is 1.79. The quantitative estimate of drug-likeness (QED) is 0.808. The van der Waals surface area contributed by atoms with Gasteiger partial charge < -0.3 is 10.0 Å². The summed E-state index contributed by atoms with van der Waals surface area (Å²) in [5.74, 6) is -0.647. The zero-order valence-corrected chi connectivity index (χ0v) is 10.1. The molecule has 0 unspecified atom stereocenters. The molecule has 0 spiro atoms. The molecule has 0 aromatic carbocycles. The van der Waals surface area contributed by atoms with Crippen LogP contribution in [-0.2, 0) is 11.2 Å². The number of aromatic nitrogens is 1. The van der Waals surface area contributed by atoms with Gasteiger partial charge in [0.2, 0.25) is 0 Å². The first-order valence-electron chi connectivity index (χ1n) is 5.93. The summed E-state index contributed by atoms with van der Waals surface area (Å²) in [6.45, 7) is 1.53. The first-order valence-corrected chi connectivity index (χ1v) is 5.93. The molecule has 0 aliphatic heterocycles. The molecule has 0 radical (unpaired) electrons. The van der Waals surface area contributed by atoms with Crippen LogP contribution in [0.2, 0.25) is 0 Å². The predicted molar refractivity (Wildman–Crippen MR) is 64.7 cm³/mol. The third kappa shape index (κ3) is 3.03. The van der Waals surface area contributed by atoms with Gasteiger partial charge in [0.25, 0.3) is 0 Å². The number of pyridine rings is 1. The number of hydrogen-bond acceptors (Lipinski definition) is 3. The van der Waals surface area contributed by atoms with Crippen LogP contribution >= 0.6 is 0 Å². The zero-order valence-electron chi connectivity index (χ0n) is 10.1. The van der Waals surface area contributed by atoms with Crippen molar-refractivity contribution < 1.29 is 9.90 Å². The van der Waals surface area contributed by atoms with Crippen molar-refractivity contribution in [2.75, 3.05) is 20.1 Å². The monoisotopic (exact) mass is 234 g/mol. The van der Waals surface area contributed by atoms with Gasteiger partial charge >= 0.3 is 5.97 Å². The van der Waals surface area contributed by atoms with Crippen LogP contribution in [-0.4, -0.2) is 41.1 Å². The molecule has 0 atom stereocenters. The van der Waals surface area contributed by atoms with E-state index in [1.54, 1.807) is 6.20 Å². The van der Waals surface area contributed by atoms with Gasteiger partial charge in [0.15, 0.2) is 0 Å². The summed E-state index contributed by atoms with van der Waals surface area (Å²) in [5, 5.41) is 9.10. The summed E-state index contributed by atoms with van der Waals surface area (Å²) in [6.07, 6.45) is 6.17. The van der Waals surface area contributed by atoms with Gasteiger partial charge in [0.05, 0.1) is 5.41 Å². The molecule has 1 aliphatic rings. The smallest absolute Gasteiger partial charge is 0.310 e. The second-order valence-corrected chi connectivity index (χ2v) is 4.93. The topological polar surface area (TPSA) is 53.4 Å². The van der Waals surface area contributed by atoms with Crippen molar-refractivity contribution in [2.24, 2.45) is 5.41 Å². The maximum Gasteiger partial charge on any atom is 0.310 e. The summed E-state index contributed by atoms with van der Waals surface area (Å²) >= 11 is 0. The van der Waals surface area contributed by atoms with E-state index in [1.807, 2.05) is 25.4 Å². The van der Waals surface area contributed by atoms with Crippen molar-refractivity contribution >= 4 is 5.97 Å². The van der Waals surface area contributed by atoms with Crippen molar-refractivity contribution in [3.63, 3.8) is 0 Å². The van der Waals surface area contributed by atoms with E-state index < -0.39 is 11.4 Å². The summed E-state index contributed by atoms with van der Waals surface area (Å²) in [4.78, 5) is 17.2. The number of rotatable bonds is 6. The molecular formula is C13H18N2O2. The molecule has 1 saturated carbocycles. The molecule has 1 aromatic heterocycles. The highest BCUT2D eigenvalue weighted by molar-refractivity contribution is 5.78. The van der Waals surface area contributed by atoms with Gasteiger partial charge in [-0.2, -0.15) is 0 Å². The number of nitrogens with zero attached hydrogens (tertiary/aromatic N) is 2. The van der Waals surface area contributed by atoms with Crippen molar-refractivity contribution in [1.29, 1.82) is 0 Å². The molecule has 1 N–H and O–H groups in total. The van der Waals surface area contributed by atoms with Gasteiger partial charge in [-0.05, 0) is 37.9 Å². The maximum absolute atomic E-state index is 11.1. The lowest BCUT2D eigenvalue weighted by atomic mass is 10.1. The van der Waals surface area contributed by atoms with Crippen LogP contribution in [0.5, 0.6) is 0 Å². The van der Waals surface area contributed by atoms with E-state index in [0.29, 0.717) is 6.54 Å². The molecule has 92 valence electrons. The van der Waals surface area contributed by atoms with E-state index in [9.17, 15) is 4.79 Å². The summed E-state index contributed by atoms with van der Waals surface area (Å²) in [7, 11) is 1.99. The Labute approximate surface area is 101 Å². The first-order chi connectivity index (χ1) is 8.12. The van der Waals surface area contributed by atoms with Crippen LogP contribution in [0.3, 0.4) is 0 Å². The van der Waals surface area contributed by atoms with Crippen LogP contribution in [0.1, 0.15) is 18.4 Å². The van der Waals surface area contributed by atoms with Crippen LogP contribution in [0.4, 0.5) is 0 Å². The van der Waals surface area contributed by atoms with Crippen LogP contribution < -0.4 is 0 Å². The molecule has 1 aliphatic carbocycles. The number of carboxylic acid groups (broad SMARTS) is 1. The van der Waals surface area contributed by atoms with E-state index in [0.717, 1.165) is 25.8 Å². The zero-order chi connectivity index (χ0) is 12.3. The second kappa shape index (κ2) is 4.84. The molecule has 1 aromatic rings. The lowest BCUT2D eigenvalue weighted by Crippen LogP contribution is -2.33. The van der Waals surface area contributed by atoms with Gasteiger partial charge in [-0.15, -0.1) is 0 Å². The number of hydrogen-bond donors (Lipinski definition) is 1. The predicted octanol–water partition coefficient (Wildman–Crippen LogP) is 1.42. The third-order valence-electron chi connectivity index (χ3n) is 3.38. The van der Waals surface area contributed by atoms with E-state index >= 15 is 0 Å². The highest BCUT2D eigenvalue weighted by atomic mass is 16.4. The van der Waals surface area contributed by atoms with Gasteiger partial charge in [-0.25, -0.2) is 0 Å². The number of carboxylic acids is 1. The van der Waals surface area contributed by atoms with Crippen molar-refractivity contribution in [3.8, 4) is 0 Å². The fourth-order valence-corrected chi connectivity index (χ4v) is 2.05. The van der Waals surface area contributed by atoms with E-state index in [1.165, 1.54) is 5.56 Å². The Morgan fingerprint density at radius 2 is 2.35 bits per heavy atom. The number of likely N-dealkylation sites (N-methyl/N-ethyl adjacent to an activating group) is 1. The fourth-order valence-electron chi connectivity index (χ4n) is 2.05. The highest BCUT2D eigenvalue weighted by Crippen LogP contribution is 2.46. The largest absolute Gasteiger partial charge is 0.481 e. The summed E-state index contributed by atoms with van der Waals surface area (Å²) < 4.78 is 0. The average molecular weight is 234 g/mol. The lowest BCUT2D eigenvalue weighted by molar-refractivity contribution is -0.144. The normalized spacial score (nSPS) is 17.1. The molecule has 17 heavy (non-hydrogen) atoms. The van der Waals surface area contributed by atoms with Gasteiger partial charge in [-0.3, -0.25) is 9.78 Å². The lowest BCUT2D eigenvalue weighted by Gasteiger charge is -2.20. The van der Waals surface area contributed by atoms with Crippen LogP contribution in [0.15, 0.2) is 24.5 Å². The molecule has 0 bridgehead atoms.